The van der Waals surface area contributed by atoms with Gasteiger partial charge in [0.25, 0.3) is 5.91 Å². The average molecular weight is 465 g/mol. The van der Waals surface area contributed by atoms with Crippen LogP contribution in [0, 0.1) is 5.92 Å². The van der Waals surface area contributed by atoms with E-state index in [1.54, 1.807) is 11.8 Å². The maximum Gasteiger partial charge on any atom is 0.407 e. The monoisotopic (exact) mass is 464 g/mol. The van der Waals surface area contributed by atoms with E-state index in [0.29, 0.717) is 26.0 Å². The number of fused-ring (bicyclic) bond motifs is 3. The lowest BCUT2D eigenvalue weighted by atomic mass is 9.98. The van der Waals surface area contributed by atoms with Crippen molar-refractivity contribution in [3.8, 4) is 11.1 Å². The Balaban J connectivity index is 1.21. The molecule has 4 atom stereocenters. The van der Waals surface area contributed by atoms with Crippen LogP contribution in [0.4, 0.5) is 4.79 Å². The lowest BCUT2D eigenvalue weighted by molar-refractivity contribution is -0.145. The summed E-state index contributed by atoms with van der Waals surface area (Å²) in [5.74, 6) is -1.81. The second kappa shape index (κ2) is 9.10. The lowest BCUT2D eigenvalue weighted by Gasteiger charge is -2.28. The smallest absolute Gasteiger partial charge is 0.407 e. The number of nitrogens with one attached hydrogen (secondary N) is 1. The normalized spacial score (nSPS) is 25.6. The fourth-order valence-corrected chi connectivity index (χ4v) is 5.52. The number of rotatable bonds is 5. The standard InChI is InChI=1S/C26H28N2O6/c1-15-16(25(30)31)10-12-28(15)24(29)23-22(11-13-33-23)27-26(32)34-14-21-19-8-4-2-6-17(19)18-7-3-5-9-20(18)21/h2-9,15-16,21-23H,10-14H2,1H3,(H,27,32)(H,30,31)/t15?,16?,22-,23+/m0/s1. The summed E-state index contributed by atoms with van der Waals surface area (Å²) in [6.45, 7) is 2.64. The molecule has 2 saturated heterocycles. The van der Waals surface area contributed by atoms with Crippen molar-refractivity contribution < 1.29 is 29.0 Å². The number of nitrogens with zero attached hydrogens (tertiary/aromatic N) is 1. The van der Waals surface area contributed by atoms with Gasteiger partial charge < -0.3 is 24.8 Å². The molecule has 0 spiro atoms. The summed E-state index contributed by atoms with van der Waals surface area (Å²) in [5, 5.41) is 12.2. The molecule has 2 N–H and O–H groups in total. The highest BCUT2D eigenvalue weighted by atomic mass is 16.6. The van der Waals surface area contributed by atoms with Gasteiger partial charge in [0, 0.05) is 25.1 Å². The van der Waals surface area contributed by atoms with E-state index < -0.39 is 36.2 Å². The third kappa shape index (κ3) is 3.92. The number of ether oxygens (including phenoxy) is 2. The molecule has 2 aromatic carbocycles. The topological polar surface area (TPSA) is 105 Å². The van der Waals surface area contributed by atoms with E-state index in [9.17, 15) is 19.5 Å². The zero-order valence-corrected chi connectivity index (χ0v) is 19.0. The van der Waals surface area contributed by atoms with Crippen LogP contribution in [-0.4, -0.2) is 65.9 Å². The van der Waals surface area contributed by atoms with Crippen LogP contribution in [-0.2, 0) is 19.1 Å². The fourth-order valence-electron chi connectivity index (χ4n) is 5.52. The first-order valence-electron chi connectivity index (χ1n) is 11.7. The van der Waals surface area contributed by atoms with E-state index in [0.717, 1.165) is 22.3 Å². The van der Waals surface area contributed by atoms with Gasteiger partial charge in [0.05, 0.1) is 12.0 Å². The van der Waals surface area contributed by atoms with Crippen LogP contribution in [0.5, 0.6) is 0 Å². The summed E-state index contributed by atoms with van der Waals surface area (Å²) in [6, 6.07) is 15.3. The summed E-state index contributed by atoms with van der Waals surface area (Å²) in [5.41, 5.74) is 4.57. The summed E-state index contributed by atoms with van der Waals surface area (Å²) < 4.78 is 11.3. The van der Waals surface area contributed by atoms with Crippen LogP contribution in [0.1, 0.15) is 36.8 Å². The molecule has 2 heterocycles. The molecule has 0 radical (unpaired) electrons. The molecule has 1 aliphatic carbocycles. The molecule has 2 fully saturated rings. The molecule has 2 aromatic rings. The van der Waals surface area contributed by atoms with Gasteiger partial charge in [0.15, 0.2) is 6.10 Å². The molecule has 2 aliphatic heterocycles. The van der Waals surface area contributed by atoms with E-state index in [4.69, 9.17) is 9.47 Å². The second-order valence-corrected chi connectivity index (χ2v) is 9.16. The van der Waals surface area contributed by atoms with Gasteiger partial charge in [0.1, 0.15) is 6.61 Å². The molecule has 2 unspecified atom stereocenters. The van der Waals surface area contributed by atoms with Gasteiger partial charge >= 0.3 is 12.1 Å². The SMILES string of the molecule is CC1C(C(=O)O)CCN1C(=O)[C@@H]1OCC[C@@H]1NC(=O)OCC1c2ccccc2-c2ccccc21. The van der Waals surface area contributed by atoms with E-state index >= 15 is 0 Å². The van der Waals surface area contributed by atoms with Crippen molar-refractivity contribution in [3.63, 3.8) is 0 Å². The Labute approximate surface area is 197 Å². The summed E-state index contributed by atoms with van der Waals surface area (Å²) >= 11 is 0. The maximum atomic E-state index is 13.1. The van der Waals surface area contributed by atoms with Gasteiger partial charge in [-0.3, -0.25) is 9.59 Å². The number of alkyl carbamates (subject to hydrolysis) is 1. The first-order chi connectivity index (χ1) is 16.5. The fraction of sp³-hybridized carbons (Fsp3) is 0.423. The van der Waals surface area contributed by atoms with Crippen molar-refractivity contribution in [3.05, 3.63) is 59.7 Å². The van der Waals surface area contributed by atoms with Crippen LogP contribution in [0.25, 0.3) is 11.1 Å². The number of carbonyl (C=O) groups excluding carboxylic acids is 2. The zero-order valence-electron chi connectivity index (χ0n) is 19.0. The third-order valence-electron chi connectivity index (χ3n) is 7.34. The molecular weight excluding hydrogens is 436 g/mol. The molecule has 2 amide bonds. The number of likely N-dealkylation sites (tertiary alicyclic amines) is 1. The van der Waals surface area contributed by atoms with Crippen LogP contribution in [0.15, 0.2) is 48.5 Å². The molecule has 5 rings (SSSR count). The number of aliphatic carboxylic acids is 1. The molecular formula is C26H28N2O6. The molecule has 0 bridgehead atoms. The lowest BCUT2D eigenvalue weighted by Crippen LogP contribution is -2.51. The van der Waals surface area contributed by atoms with Crippen LogP contribution in [0.3, 0.4) is 0 Å². The molecule has 0 saturated carbocycles. The summed E-state index contributed by atoms with van der Waals surface area (Å²) in [4.78, 5) is 38.7. The van der Waals surface area contributed by atoms with E-state index in [-0.39, 0.29) is 18.4 Å². The predicted octanol–water partition coefficient (Wildman–Crippen LogP) is 3.00. The minimum Gasteiger partial charge on any atom is -0.481 e. The second-order valence-electron chi connectivity index (χ2n) is 9.16. The Morgan fingerprint density at radius 3 is 2.32 bits per heavy atom. The Hall–Kier alpha value is -3.39. The van der Waals surface area contributed by atoms with E-state index in [1.165, 1.54) is 0 Å². The van der Waals surface area contributed by atoms with E-state index in [1.807, 2.05) is 24.3 Å². The Morgan fingerprint density at radius 1 is 1.06 bits per heavy atom. The van der Waals surface area contributed by atoms with Gasteiger partial charge in [-0.1, -0.05) is 48.5 Å². The maximum absolute atomic E-state index is 13.1. The third-order valence-corrected chi connectivity index (χ3v) is 7.34. The number of carboxylic acids is 1. The van der Waals surface area contributed by atoms with Crippen molar-refractivity contribution in [2.75, 3.05) is 19.8 Å². The number of amides is 2. The zero-order chi connectivity index (χ0) is 23.8. The predicted molar refractivity (Wildman–Crippen MR) is 123 cm³/mol. The van der Waals surface area contributed by atoms with Crippen LogP contribution >= 0.6 is 0 Å². The Kier molecular flexibility index (Phi) is 6.00. The summed E-state index contributed by atoms with van der Waals surface area (Å²) in [6.07, 6.45) is -0.520. The van der Waals surface area contributed by atoms with Crippen LogP contribution < -0.4 is 5.32 Å². The van der Waals surface area contributed by atoms with Crippen LogP contribution in [0.2, 0.25) is 0 Å². The number of carboxylic acid groups (broad SMARTS) is 1. The van der Waals surface area contributed by atoms with Crippen molar-refractivity contribution >= 4 is 18.0 Å². The van der Waals surface area contributed by atoms with E-state index in [2.05, 4.69) is 29.6 Å². The molecule has 34 heavy (non-hydrogen) atoms. The highest BCUT2D eigenvalue weighted by Crippen LogP contribution is 2.44. The van der Waals surface area contributed by atoms with Crippen molar-refractivity contribution in [1.29, 1.82) is 0 Å². The highest BCUT2D eigenvalue weighted by Gasteiger charge is 2.44. The molecule has 3 aliphatic rings. The number of benzene rings is 2. The highest BCUT2D eigenvalue weighted by molar-refractivity contribution is 5.85. The van der Waals surface area contributed by atoms with Crippen molar-refractivity contribution in [2.45, 2.75) is 43.9 Å². The molecule has 8 heteroatoms. The van der Waals surface area contributed by atoms with Gasteiger partial charge in [-0.25, -0.2) is 4.79 Å². The van der Waals surface area contributed by atoms with Crippen molar-refractivity contribution in [1.82, 2.24) is 10.2 Å². The quantitative estimate of drug-likeness (QED) is 0.705. The Morgan fingerprint density at radius 2 is 1.71 bits per heavy atom. The van der Waals surface area contributed by atoms with Gasteiger partial charge in [-0.05, 0) is 42.0 Å². The van der Waals surface area contributed by atoms with Gasteiger partial charge in [0.2, 0.25) is 0 Å². The number of hydrogen-bond donors (Lipinski definition) is 2. The Bertz CT molecular complexity index is 1070. The molecule has 8 nitrogen and oxygen atoms in total. The largest absolute Gasteiger partial charge is 0.481 e. The molecule has 0 aromatic heterocycles. The van der Waals surface area contributed by atoms with Gasteiger partial charge in [-0.15, -0.1) is 0 Å². The number of carbonyl (C=O) groups is 3. The molecule has 178 valence electrons. The minimum absolute atomic E-state index is 0.0474. The minimum atomic E-state index is -0.900. The first kappa shape index (κ1) is 22.4. The number of hydrogen-bond acceptors (Lipinski definition) is 5. The van der Waals surface area contributed by atoms with Crippen molar-refractivity contribution in [2.24, 2.45) is 5.92 Å². The summed E-state index contributed by atoms with van der Waals surface area (Å²) in [7, 11) is 0. The van der Waals surface area contributed by atoms with Gasteiger partial charge in [-0.2, -0.15) is 0 Å². The first-order valence-corrected chi connectivity index (χ1v) is 11.7. The average Bonchev–Trinajstić information content (AvgIpc) is 3.53.